The third kappa shape index (κ3) is 4.60. The molecule has 1 aromatic heterocycles. The molecule has 5 nitrogen and oxygen atoms in total. The summed E-state index contributed by atoms with van der Waals surface area (Å²) in [7, 11) is 0. The molecule has 1 N–H and O–H groups in total. The summed E-state index contributed by atoms with van der Waals surface area (Å²) in [5.41, 5.74) is 4.23. The molecule has 3 aromatic rings. The van der Waals surface area contributed by atoms with Gasteiger partial charge in [0, 0.05) is 22.8 Å². The number of halogens is 2. The van der Waals surface area contributed by atoms with E-state index >= 15 is 0 Å². The maximum Gasteiger partial charge on any atom is 0.294 e. The van der Waals surface area contributed by atoms with Gasteiger partial charge < -0.3 is 29.3 Å². The van der Waals surface area contributed by atoms with Crippen LogP contribution in [0.4, 0.5) is 11.4 Å². The lowest BCUT2D eigenvalue weighted by molar-refractivity contribution is -0.695. The number of anilines is 2. The molecule has 160 valence electrons. The van der Waals surface area contributed by atoms with E-state index in [2.05, 4.69) is 12.2 Å². The number of hydrogen-bond donors (Lipinski definition) is 1. The Hall–Kier alpha value is -2.45. The number of pyridine rings is 1. The van der Waals surface area contributed by atoms with Crippen molar-refractivity contribution in [1.82, 2.24) is 0 Å². The highest BCUT2D eigenvalue weighted by molar-refractivity contribution is 6.30. The standard InChI is InChI=1S/C24H22ClN3O2.HI/c1-3-17-8-6-7-16(2)22(17)28-21(29)15-27-14-5-4-9-20(27)23(28)24(30)26-19-12-10-18(25)11-13-19;/h4-14,23H,3,15H2,1-2H3;1H. The molecule has 31 heavy (non-hydrogen) atoms. The summed E-state index contributed by atoms with van der Waals surface area (Å²) in [4.78, 5) is 28.5. The van der Waals surface area contributed by atoms with E-state index < -0.39 is 6.04 Å². The predicted molar refractivity (Wildman–Crippen MR) is 118 cm³/mol. The van der Waals surface area contributed by atoms with Crippen molar-refractivity contribution in [3.8, 4) is 0 Å². The Bertz CT molecular complexity index is 1120. The first kappa shape index (κ1) is 23.2. The van der Waals surface area contributed by atoms with Gasteiger partial charge in [-0.3, -0.25) is 14.5 Å². The SMILES string of the molecule is CCc1cccc(C)c1N1C(=O)C[n+]2ccccc2C1C(=O)Nc1ccc(Cl)cc1.[I-]. The Morgan fingerprint density at radius 3 is 2.58 bits per heavy atom. The Balaban J connectivity index is 0.00000272. The van der Waals surface area contributed by atoms with Crippen molar-refractivity contribution in [3.63, 3.8) is 0 Å². The van der Waals surface area contributed by atoms with Crippen LogP contribution in [0.3, 0.4) is 0 Å². The Labute approximate surface area is 204 Å². The highest BCUT2D eigenvalue weighted by Crippen LogP contribution is 2.35. The maximum absolute atomic E-state index is 13.5. The molecule has 0 aliphatic carbocycles. The maximum atomic E-state index is 13.5. The van der Waals surface area contributed by atoms with Crippen LogP contribution in [0.2, 0.25) is 5.02 Å². The number of carbonyl (C=O) groups is 2. The zero-order valence-corrected chi connectivity index (χ0v) is 20.2. The second kappa shape index (κ2) is 9.78. The number of aromatic nitrogens is 1. The molecule has 2 aromatic carbocycles. The molecule has 1 atom stereocenters. The third-order valence-electron chi connectivity index (χ3n) is 5.39. The van der Waals surface area contributed by atoms with Crippen molar-refractivity contribution < 1.29 is 38.1 Å². The number of amides is 2. The first-order chi connectivity index (χ1) is 14.5. The van der Waals surface area contributed by atoms with Crippen molar-refractivity contribution in [2.45, 2.75) is 32.9 Å². The summed E-state index contributed by atoms with van der Waals surface area (Å²) < 4.78 is 1.84. The van der Waals surface area contributed by atoms with E-state index in [1.165, 1.54) is 0 Å². The number of nitrogens with one attached hydrogen (secondary N) is 1. The van der Waals surface area contributed by atoms with Gasteiger partial charge in [-0.2, -0.15) is 4.57 Å². The summed E-state index contributed by atoms with van der Waals surface area (Å²) in [5, 5.41) is 3.55. The minimum absolute atomic E-state index is 0. The molecule has 0 saturated carbocycles. The minimum atomic E-state index is -0.783. The number of para-hydroxylation sites is 1. The smallest absolute Gasteiger partial charge is 0.294 e. The van der Waals surface area contributed by atoms with Crippen molar-refractivity contribution in [2.75, 3.05) is 10.2 Å². The fraction of sp³-hybridized carbons (Fsp3) is 0.208. The van der Waals surface area contributed by atoms with Crippen LogP contribution >= 0.6 is 11.6 Å². The normalized spacial score (nSPS) is 15.1. The Morgan fingerprint density at radius 1 is 1.13 bits per heavy atom. The van der Waals surface area contributed by atoms with E-state index in [0.29, 0.717) is 10.7 Å². The van der Waals surface area contributed by atoms with Crippen molar-refractivity contribution in [1.29, 1.82) is 0 Å². The molecular formula is C24H23ClIN3O2. The summed E-state index contributed by atoms with van der Waals surface area (Å²) >= 11 is 5.97. The molecule has 4 rings (SSSR count). The van der Waals surface area contributed by atoms with Crippen LogP contribution in [-0.2, 0) is 22.6 Å². The monoisotopic (exact) mass is 547 g/mol. The summed E-state index contributed by atoms with van der Waals surface area (Å²) in [6.07, 6.45) is 2.60. The molecule has 0 fully saturated rings. The lowest BCUT2D eigenvalue weighted by atomic mass is 9.99. The summed E-state index contributed by atoms with van der Waals surface area (Å²) in [6.45, 7) is 4.22. The summed E-state index contributed by atoms with van der Waals surface area (Å²) in [5.74, 6) is -0.380. The fourth-order valence-corrected chi connectivity index (χ4v) is 4.10. The van der Waals surface area contributed by atoms with Gasteiger partial charge in [0.15, 0.2) is 6.20 Å². The van der Waals surface area contributed by atoms with E-state index in [4.69, 9.17) is 11.6 Å². The zero-order chi connectivity index (χ0) is 21.3. The zero-order valence-electron chi connectivity index (χ0n) is 17.3. The second-order valence-corrected chi connectivity index (χ2v) is 7.79. The molecule has 2 amide bonds. The molecule has 0 radical (unpaired) electrons. The number of benzene rings is 2. The quantitative estimate of drug-likeness (QED) is 0.395. The predicted octanol–water partition coefficient (Wildman–Crippen LogP) is 1.23. The summed E-state index contributed by atoms with van der Waals surface area (Å²) in [6, 6.07) is 17.8. The van der Waals surface area contributed by atoms with E-state index in [9.17, 15) is 9.59 Å². The van der Waals surface area contributed by atoms with Gasteiger partial charge in [-0.25, -0.2) is 0 Å². The van der Waals surface area contributed by atoms with E-state index in [1.54, 1.807) is 29.2 Å². The van der Waals surface area contributed by atoms with Gasteiger partial charge in [0.1, 0.15) is 0 Å². The van der Waals surface area contributed by atoms with Crippen molar-refractivity contribution >= 4 is 34.8 Å². The number of fused-ring (bicyclic) bond motifs is 1. The number of nitrogens with zero attached hydrogens (tertiary/aromatic N) is 2. The van der Waals surface area contributed by atoms with Crippen LogP contribution in [0.1, 0.15) is 29.8 Å². The van der Waals surface area contributed by atoms with E-state index in [0.717, 1.165) is 28.9 Å². The van der Waals surface area contributed by atoms with E-state index in [1.807, 2.05) is 54.1 Å². The van der Waals surface area contributed by atoms with Crippen LogP contribution in [0.25, 0.3) is 0 Å². The molecule has 1 aliphatic heterocycles. The lowest BCUT2D eigenvalue weighted by Crippen LogP contribution is -3.00. The first-order valence-corrected chi connectivity index (χ1v) is 10.3. The Kier molecular flexibility index (Phi) is 7.33. The average Bonchev–Trinajstić information content (AvgIpc) is 2.74. The molecule has 1 aliphatic rings. The van der Waals surface area contributed by atoms with Crippen LogP contribution < -0.4 is 38.8 Å². The van der Waals surface area contributed by atoms with Crippen molar-refractivity contribution in [2.24, 2.45) is 0 Å². The van der Waals surface area contributed by atoms with Crippen LogP contribution in [0.5, 0.6) is 0 Å². The molecule has 1 unspecified atom stereocenters. The van der Waals surface area contributed by atoms with Gasteiger partial charge in [-0.1, -0.05) is 42.8 Å². The van der Waals surface area contributed by atoms with Gasteiger partial charge in [0.25, 0.3) is 11.8 Å². The molecule has 0 spiro atoms. The molecular weight excluding hydrogens is 525 g/mol. The number of aryl methyl sites for hydroxylation is 2. The van der Waals surface area contributed by atoms with Crippen molar-refractivity contribution in [3.05, 3.63) is 88.7 Å². The Morgan fingerprint density at radius 2 is 1.87 bits per heavy atom. The molecule has 7 heteroatoms. The number of hydrogen-bond acceptors (Lipinski definition) is 2. The lowest BCUT2D eigenvalue weighted by Gasteiger charge is -2.34. The van der Waals surface area contributed by atoms with Crippen LogP contribution in [0.15, 0.2) is 66.9 Å². The first-order valence-electron chi connectivity index (χ1n) is 9.95. The third-order valence-corrected chi connectivity index (χ3v) is 5.64. The van der Waals surface area contributed by atoms with Crippen LogP contribution in [0, 0.1) is 6.92 Å². The highest BCUT2D eigenvalue weighted by Gasteiger charge is 2.44. The average molecular weight is 548 g/mol. The van der Waals surface area contributed by atoms with E-state index in [-0.39, 0.29) is 42.3 Å². The molecule has 2 heterocycles. The fourth-order valence-electron chi connectivity index (χ4n) is 3.98. The van der Waals surface area contributed by atoms with Crippen LogP contribution in [-0.4, -0.2) is 11.8 Å². The van der Waals surface area contributed by atoms with Gasteiger partial charge >= 0.3 is 0 Å². The topological polar surface area (TPSA) is 53.3 Å². The molecule has 0 bridgehead atoms. The second-order valence-electron chi connectivity index (χ2n) is 7.35. The van der Waals surface area contributed by atoms with Gasteiger partial charge in [-0.05, 0) is 48.7 Å². The minimum Gasteiger partial charge on any atom is -1.00 e. The number of rotatable bonds is 4. The highest BCUT2D eigenvalue weighted by atomic mass is 127. The van der Waals surface area contributed by atoms with Gasteiger partial charge in [0.2, 0.25) is 18.3 Å². The molecule has 0 saturated heterocycles. The van der Waals surface area contributed by atoms with Gasteiger partial charge in [0.05, 0.1) is 5.69 Å². The van der Waals surface area contributed by atoms with Gasteiger partial charge in [-0.15, -0.1) is 0 Å². The largest absolute Gasteiger partial charge is 1.00 e. The number of carbonyl (C=O) groups excluding carboxylic acids is 2.